The molecule has 0 atom stereocenters. The lowest BCUT2D eigenvalue weighted by Crippen LogP contribution is -2.37. The Hall–Kier alpha value is -2.30. The number of nitrogens with zero attached hydrogens (tertiary/aromatic N) is 2. The maximum absolute atomic E-state index is 14.1. The second-order valence-electron chi connectivity index (χ2n) is 6.97. The minimum Gasteiger partial charge on any atom is -0.306 e. The van der Waals surface area contributed by atoms with Crippen molar-refractivity contribution < 1.29 is 26.0 Å². The Bertz CT molecular complexity index is 1130. The first kappa shape index (κ1) is 23.0. The van der Waals surface area contributed by atoms with Gasteiger partial charge in [-0.2, -0.15) is 0 Å². The number of carbonyl (C=O) groups is 1. The molecule has 0 aliphatic carbocycles. The standard InChI is InChI=1S/C19H23FN2O5S2/c1-13(2)22(15-7-9-16(10-8-15)28(5,24)25)19(23)14-6-11-17(20)18(12-14)29(26,27)21(3)4/h6-13H,1-5H3. The summed E-state index contributed by atoms with van der Waals surface area (Å²) < 4.78 is 63.0. The highest BCUT2D eigenvalue weighted by molar-refractivity contribution is 7.90. The highest BCUT2D eigenvalue weighted by atomic mass is 32.2. The Morgan fingerprint density at radius 1 is 0.966 bits per heavy atom. The molecule has 7 nitrogen and oxygen atoms in total. The minimum absolute atomic E-state index is 0.00675. The molecule has 2 aromatic carbocycles. The van der Waals surface area contributed by atoms with Gasteiger partial charge in [0.05, 0.1) is 4.90 Å². The van der Waals surface area contributed by atoms with Crippen LogP contribution >= 0.6 is 0 Å². The lowest BCUT2D eigenvalue weighted by atomic mass is 10.1. The molecular formula is C19H23FN2O5S2. The number of sulfonamides is 1. The first-order chi connectivity index (χ1) is 13.3. The molecule has 0 aliphatic rings. The SMILES string of the molecule is CC(C)N(C(=O)c1ccc(F)c(S(=O)(=O)N(C)C)c1)c1ccc(S(C)(=O)=O)cc1. The fraction of sp³-hybridized carbons (Fsp3) is 0.316. The number of halogens is 1. The van der Waals surface area contributed by atoms with Gasteiger partial charge in [0.2, 0.25) is 10.0 Å². The summed E-state index contributed by atoms with van der Waals surface area (Å²) in [6.07, 6.45) is 1.08. The second-order valence-corrected chi connectivity index (χ2v) is 11.1. The molecule has 0 bridgehead atoms. The first-order valence-corrected chi connectivity index (χ1v) is 12.0. The Balaban J connectivity index is 2.53. The van der Waals surface area contributed by atoms with Crippen LogP contribution in [-0.4, -0.2) is 53.4 Å². The predicted octanol–water partition coefficient (Wildman–Crippen LogP) is 2.53. The van der Waals surface area contributed by atoms with Crippen LogP contribution in [0.5, 0.6) is 0 Å². The van der Waals surface area contributed by atoms with E-state index in [4.69, 9.17) is 0 Å². The van der Waals surface area contributed by atoms with Crippen molar-refractivity contribution in [2.45, 2.75) is 29.7 Å². The van der Waals surface area contributed by atoms with Crippen LogP contribution in [0.4, 0.5) is 10.1 Å². The molecule has 2 rings (SSSR count). The normalized spacial score (nSPS) is 12.4. The van der Waals surface area contributed by atoms with E-state index in [1.165, 1.54) is 49.3 Å². The van der Waals surface area contributed by atoms with E-state index < -0.39 is 36.5 Å². The average Bonchev–Trinajstić information content (AvgIpc) is 2.61. The highest BCUT2D eigenvalue weighted by Crippen LogP contribution is 2.25. The largest absolute Gasteiger partial charge is 0.306 e. The van der Waals surface area contributed by atoms with Crippen molar-refractivity contribution in [1.82, 2.24) is 4.31 Å². The van der Waals surface area contributed by atoms with Crippen molar-refractivity contribution in [2.24, 2.45) is 0 Å². The number of hydrogen-bond donors (Lipinski definition) is 0. The van der Waals surface area contributed by atoms with Crippen molar-refractivity contribution in [2.75, 3.05) is 25.3 Å². The lowest BCUT2D eigenvalue weighted by Gasteiger charge is -2.27. The van der Waals surface area contributed by atoms with E-state index in [2.05, 4.69) is 0 Å². The number of rotatable bonds is 6. The summed E-state index contributed by atoms with van der Waals surface area (Å²) in [4.78, 5) is 14.0. The third kappa shape index (κ3) is 4.82. The third-order valence-electron chi connectivity index (χ3n) is 4.22. The molecule has 0 saturated carbocycles. The fourth-order valence-electron chi connectivity index (χ4n) is 2.67. The summed E-state index contributed by atoms with van der Waals surface area (Å²) >= 11 is 0. The molecule has 0 fully saturated rings. The molecule has 0 heterocycles. The van der Waals surface area contributed by atoms with Crippen LogP contribution in [0.2, 0.25) is 0 Å². The molecule has 1 amide bonds. The molecule has 10 heteroatoms. The molecule has 158 valence electrons. The Kier molecular flexibility index (Phi) is 6.51. The summed E-state index contributed by atoms with van der Waals surface area (Å²) in [6, 6.07) is 8.60. The number of hydrogen-bond acceptors (Lipinski definition) is 5. The molecule has 0 unspecified atom stereocenters. The lowest BCUT2D eigenvalue weighted by molar-refractivity contribution is 0.0980. The number of carbonyl (C=O) groups excluding carboxylic acids is 1. The third-order valence-corrected chi connectivity index (χ3v) is 7.17. The Labute approximate surface area is 170 Å². The quantitative estimate of drug-likeness (QED) is 0.686. The smallest absolute Gasteiger partial charge is 0.258 e. The van der Waals surface area contributed by atoms with Gasteiger partial charge in [0.1, 0.15) is 10.7 Å². The average molecular weight is 443 g/mol. The fourth-order valence-corrected chi connectivity index (χ4v) is 4.29. The molecule has 0 saturated heterocycles. The summed E-state index contributed by atoms with van der Waals surface area (Å²) in [5.41, 5.74) is 0.423. The van der Waals surface area contributed by atoms with Crippen molar-refractivity contribution in [3.8, 4) is 0 Å². The topological polar surface area (TPSA) is 91.8 Å². The summed E-state index contributed by atoms with van der Waals surface area (Å²) in [5.74, 6) is -1.49. The van der Waals surface area contributed by atoms with Gasteiger partial charge in [-0.3, -0.25) is 4.79 Å². The predicted molar refractivity (Wildman–Crippen MR) is 109 cm³/mol. The molecule has 29 heavy (non-hydrogen) atoms. The number of benzene rings is 2. The monoisotopic (exact) mass is 442 g/mol. The Morgan fingerprint density at radius 3 is 1.97 bits per heavy atom. The van der Waals surface area contributed by atoms with Crippen LogP contribution < -0.4 is 4.90 Å². The Morgan fingerprint density at radius 2 is 1.52 bits per heavy atom. The van der Waals surface area contributed by atoms with E-state index in [0.29, 0.717) is 5.69 Å². The highest BCUT2D eigenvalue weighted by Gasteiger charge is 2.26. The van der Waals surface area contributed by atoms with E-state index in [9.17, 15) is 26.0 Å². The molecule has 0 spiro atoms. The van der Waals surface area contributed by atoms with Gasteiger partial charge in [-0.25, -0.2) is 25.5 Å². The van der Waals surface area contributed by atoms with Crippen LogP contribution in [0.15, 0.2) is 52.3 Å². The van der Waals surface area contributed by atoms with Crippen LogP contribution in [0, 0.1) is 5.82 Å². The van der Waals surface area contributed by atoms with Crippen LogP contribution in [0.1, 0.15) is 24.2 Å². The van der Waals surface area contributed by atoms with Crippen LogP contribution in [0.25, 0.3) is 0 Å². The zero-order valence-electron chi connectivity index (χ0n) is 16.7. The molecule has 0 N–H and O–H groups in total. The van der Waals surface area contributed by atoms with E-state index in [1.807, 2.05) is 0 Å². The second kappa shape index (κ2) is 8.21. The van der Waals surface area contributed by atoms with E-state index >= 15 is 0 Å². The van der Waals surface area contributed by atoms with Crippen molar-refractivity contribution in [3.63, 3.8) is 0 Å². The number of anilines is 1. The zero-order chi connectivity index (χ0) is 22.1. The molecule has 0 aromatic heterocycles. The van der Waals surface area contributed by atoms with Gasteiger partial charge < -0.3 is 4.90 Å². The maximum Gasteiger partial charge on any atom is 0.258 e. The van der Waals surface area contributed by atoms with Crippen molar-refractivity contribution >= 4 is 31.5 Å². The van der Waals surface area contributed by atoms with Gasteiger partial charge in [-0.1, -0.05) is 0 Å². The van der Waals surface area contributed by atoms with Gasteiger partial charge >= 0.3 is 0 Å². The van der Waals surface area contributed by atoms with Gasteiger partial charge in [-0.05, 0) is 56.3 Å². The number of amides is 1. The van der Waals surface area contributed by atoms with E-state index in [0.717, 1.165) is 22.7 Å². The van der Waals surface area contributed by atoms with Crippen LogP contribution in [-0.2, 0) is 19.9 Å². The van der Waals surface area contributed by atoms with Gasteiger partial charge in [0.25, 0.3) is 5.91 Å². The van der Waals surface area contributed by atoms with E-state index in [1.54, 1.807) is 13.8 Å². The molecule has 2 aromatic rings. The van der Waals surface area contributed by atoms with E-state index in [-0.39, 0.29) is 16.5 Å². The van der Waals surface area contributed by atoms with Crippen LogP contribution in [0.3, 0.4) is 0 Å². The minimum atomic E-state index is -4.08. The summed E-state index contributed by atoms with van der Waals surface area (Å²) in [5, 5.41) is 0. The summed E-state index contributed by atoms with van der Waals surface area (Å²) in [6.45, 7) is 3.51. The maximum atomic E-state index is 14.1. The first-order valence-electron chi connectivity index (χ1n) is 8.62. The van der Waals surface area contributed by atoms with Gasteiger partial charge in [0.15, 0.2) is 9.84 Å². The molecule has 0 aliphatic heterocycles. The van der Waals surface area contributed by atoms with Crippen molar-refractivity contribution in [3.05, 3.63) is 53.8 Å². The summed E-state index contributed by atoms with van der Waals surface area (Å²) in [7, 11) is -4.92. The molecular weight excluding hydrogens is 419 g/mol. The van der Waals surface area contributed by atoms with Gasteiger partial charge in [-0.15, -0.1) is 0 Å². The molecule has 0 radical (unpaired) electrons. The zero-order valence-corrected chi connectivity index (χ0v) is 18.4. The van der Waals surface area contributed by atoms with Gasteiger partial charge in [0, 0.05) is 37.6 Å². The number of sulfone groups is 1. The van der Waals surface area contributed by atoms with Crippen molar-refractivity contribution in [1.29, 1.82) is 0 Å².